The molecule has 3 N–H and O–H groups in total. The maximum absolute atomic E-state index is 12.3. The molecule has 0 aromatic heterocycles. The predicted molar refractivity (Wildman–Crippen MR) is 103 cm³/mol. The maximum atomic E-state index is 12.3. The molecule has 1 aliphatic carbocycles. The van der Waals surface area contributed by atoms with E-state index in [1.54, 1.807) is 4.90 Å². The number of urea groups is 1. The van der Waals surface area contributed by atoms with Crippen LogP contribution in [0.3, 0.4) is 0 Å². The molecule has 1 aromatic carbocycles. The van der Waals surface area contributed by atoms with Crippen LogP contribution in [0.5, 0.6) is 0 Å². The molecule has 0 radical (unpaired) electrons. The molecule has 7 nitrogen and oxygen atoms in total. The smallest absolute Gasteiger partial charge is 0.319 e. The van der Waals surface area contributed by atoms with Gasteiger partial charge in [0.05, 0.1) is 6.54 Å². The third kappa shape index (κ3) is 5.98. The van der Waals surface area contributed by atoms with Crippen molar-refractivity contribution >= 4 is 23.5 Å². The Morgan fingerprint density at radius 2 is 1.81 bits per heavy atom. The Labute approximate surface area is 159 Å². The molecular weight excluding hydrogens is 344 g/mol. The van der Waals surface area contributed by atoms with Gasteiger partial charge in [-0.2, -0.15) is 0 Å². The van der Waals surface area contributed by atoms with Gasteiger partial charge in [-0.25, -0.2) is 4.79 Å². The topological polar surface area (TPSA) is 90.5 Å². The zero-order valence-corrected chi connectivity index (χ0v) is 15.8. The van der Waals surface area contributed by atoms with E-state index in [2.05, 4.69) is 16.0 Å². The lowest BCUT2D eigenvalue weighted by Gasteiger charge is -2.33. The van der Waals surface area contributed by atoms with Crippen LogP contribution in [0.4, 0.5) is 10.5 Å². The first-order valence-corrected chi connectivity index (χ1v) is 9.68. The lowest BCUT2D eigenvalue weighted by molar-refractivity contribution is -0.134. The summed E-state index contributed by atoms with van der Waals surface area (Å²) in [4.78, 5) is 37.8. The Balaban J connectivity index is 1.38. The van der Waals surface area contributed by atoms with Crippen LogP contribution in [0, 0.1) is 18.8 Å². The van der Waals surface area contributed by atoms with E-state index < -0.39 is 0 Å². The zero-order chi connectivity index (χ0) is 19.2. The Kier molecular flexibility index (Phi) is 6.32. The number of carbonyl (C=O) groups is 3. The summed E-state index contributed by atoms with van der Waals surface area (Å²) < 4.78 is 0. The lowest BCUT2D eigenvalue weighted by atomic mass is 9.98. The quantitative estimate of drug-likeness (QED) is 0.712. The van der Waals surface area contributed by atoms with Crippen LogP contribution in [0.2, 0.25) is 0 Å². The number of hydrogen-bond donors (Lipinski definition) is 3. The summed E-state index contributed by atoms with van der Waals surface area (Å²) >= 11 is 0. The molecule has 0 bridgehead atoms. The minimum Gasteiger partial charge on any atom is -0.347 e. The molecule has 1 unspecified atom stereocenters. The van der Waals surface area contributed by atoms with Crippen LogP contribution in [-0.2, 0) is 9.59 Å². The van der Waals surface area contributed by atoms with Crippen molar-refractivity contribution in [2.75, 3.05) is 31.5 Å². The van der Waals surface area contributed by atoms with Gasteiger partial charge >= 0.3 is 6.03 Å². The van der Waals surface area contributed by atoms with Crippen molar-refractivity contribution in [1.29, 1.82) is 0 Å². The molecule has 4 amide bonds. The average Bonchev–Trinajstić information content (AvgIpc) is 3.51. The predicted octanol–water partition coefficient (Wildman–Crippen LogP) is 1.88. The van der Waals surface area contributed by atoms with Gasteiger partial charge in [0.15, 0.2) is 0 Å². The highest BCUT2D eigenvalue weighted by Crippen LogP contribution is 2.28. The lowest BCUT2D eigenvalue weighted by Crippen LogP contribution is -2.47. The fraction of sp³-hybridized carbons (Fsp3) is 0.550. The van der Waals surface area contributed by atoms with Gasteiger partial charge in [0.2, 0.25) is 11.8 Å². The molecule has 0 spiro atoms. The van der Waals surface area contributed by atoms with E-state index in [1.165, 1.54) is 0 Å². The molecule has 3 rings (SSSR count). The molecule has 1 heterocycles. The summed E-state index contributed by atoms with van der Waals surface area (Å²) in [5.74, 6) is 0.290. The number of rotatable bonds is 6. The Hall–Kier alpha value is -2.57. The van der Waals surface area contributed by atoms with Crippen molar-refractivity contribution in [1.82, 2.24) is 15.5 Å². The number of amides is 4. The first-order valence-electron chi connectivity index (χ1n) is 9.68. The number of hydrogen-bond acceptors (Lipinski definition) is 3. The van der Waals surface area contributed by atoms with E-state index in [0.717, 1.165) is 36.9 Å². The van der Waals surface area contributed by atoms with Gasteiger partial charge < -0.3 is 20.9 Å². The van der Waals surface area contributed by atoms with E-state index in [1.807, 2.05) is 31.2 Å². The molecule has 1 saturated heterocycles. The number of carbonyl (C=O) groups excluding carboxylic acids is 3. The normalized spacial score (nSPS) is 19.3. The van der Waals surface area contributed by atoms with E-state index in [-0.39, 0.29) is 36.2 Å². The van der Waals surface area contributed by atoms with E-state index >= 15 is 0 Å². The monoisotopic (exact) mass is 372 g/mol. The fourth-order valence-corrected chi connectivity index (χ4v) is 3.27. The molecule has 1 saturated carbocycles. The molecule has 1 aliphatic heterocycles. The van der Waals surface area contributed by atoms with Crippen LogP contribution in [0.15, 0.2) is 24.3 Å². The summed E-state index contributed by atoms with van der Waals surface area (Å²) in [7, 11) is 0. The van der Waals surface area contributed by atoms with Crippen LogP contribution in [0.1, 0.15) is 31.2 Å². The number of likely N-dealkylation sites (tertiary alicyclic amines) is 1. The third-order valence-electron chi connectivity index (χ3n) is 5.09. The first-order chi connectivity index (χ1) is 13.0. The molecule has 1 aromatic rings. The molecule has 1 atom stereocenters. The van der Waals surface area contributed by atoms with Crippen molar-refractivity contribution in [2.45, 2.75) is 32.6 Å². The minimum absolute atomic E-state index is 0.00801. The molecule has 146 valence electrons. The number of nitrogens with zero attached hydrogens (tertiary/aromatic N) is 1. The number of aryl methyl sites for hydroxylation is 1. The van der Waals surface area contributed by atoms with E-state index in [0.29, 0.717) is 19.6 Å². The highest BCUT2D eigenvalue weighted by Gasteiger charge is 2.30. The Morgan fingerprint density at radius 3 is 2.52 bits per heavy atom. The van der Waals surface area contributed by atoms with Gasteiger partial charge in [0.25, 0.3) is 0 Å². The van der Waals surface area contributed by atoms with Crippen LogP contribution < -0.4 is 16.0 Å². The van der Waals surface area contributed by atoms with E-state index in [9.17, 15) is 14.4 Å². The summed E-state index contributed by atoms with van der Waals surface area (Å²) in [6.45, 7) is 3.92. The van der Waals surface area contributed by atoms with Crippen molar-refractivity contribution in [3.05, 3.63) is 29.8 Å². The largest absolute Gasteiger partial charge is 0.347 e. The SMILES string of the molecule is Cc1ccc(NC(=O)NCC2CCCN(C(=O)CNC(=O)C3CC3)C2)cc1. The van der Waals surface area contributed by atoms with E-state index in [4.69, 9.17) is 0 Å². The van der Waals surface area contributed by atoms with Gasteiger partial charge in [0, 0.05) is 31.2 Å². The Morgan fingerprint density at radius 1 is 1.07 bits per heavy atom. The van der Waals surface area contributed by atoms with Crippen molar-refractivity contribution < 1.29 is 14.4 Å². The number of nitrogens with one attached hydrogen (secondary N) is 3. The van der Waals surface area contributed by atoms with Crippen LogP contribution >= 0.6 is 0 Å². The van der Waals surface area contributed by atoms with Crippen LogP contribution in [0.25, 0.3) is 0 Å². The van der Waals surface area contributed by atoms with Gasteiger partial charge in [-0.1, -0.05) is 17.7 Å². The molecule has 27 heavy (non-hydrogen) atoms. The standard InChI is InChI=1S/C20H28N4O3/c1-14-4-8-17(9-5-14)23-20(27)22-11-15-3-2-10-24(13-15)18(25)12-21-19(26)16-6-7-16/h4-5,8-9,15-16H,2-3,6-7,10-13H2,1H3,(H,21,26)(H2,22,23,27). The minimum atomic E-state index is -0.237. The number of anilines is 1. The summed E-state index contributed by atoms with van der Waals surface area (Å²) in [5.41, 5.74) is 1.89. The van der Waals surface area contributed by atoms with Crippen molar-refractivity contribution in [3.63, 3.8) is 0 Å². The second kappa shape index (κ2) is 8.88. The summed E-state index contributed by atoms with van der Waals surface area (Å²) in [5, 5.41) is 8.43. The van der Waals surface area contributed by atoms with Crippen LogP contribution in [-0.4, -0.2) is 48.9 Å². The maximum Gasteiger partial charge on any atom is 0.319 e. The van der Waals surface area contributed by atoms with Gasteiger partial charge in [-0.3, -0.25) is 9.59 Å². The van der Waals surface area contributed by atoms with Gasteiger partial charge in [-0.15, -0.1) is 0 Å². The Bertz CT molecular complexity index is 685. The molecule has 2 aliphatic rings. The summed E-state index contributed by atoms with van der Waals surface area (Å²) in [6, 6.07) is 7.39. The zero-order valence-electron chi connectivity index (χ0n) is 15.8. The molecule has 7 heteroatoms. The molecule has 2 fully saturated rings. The fourth-order valence-electron chi connectivity index (χ4n) is 3.27. The molecular formula is C20H28N4O3. The third-order valence-corrected chi connectivity index (χ3v) is 5.09. The van der Waals surface area contributed by atoms with Crippen molar-refractivity contribution in [3.8, 4) is 0 Å². The number of piperidine rings is 1. The summed E-state index contributed by atoms with van der Waals surface area (Å²) in [6.07, 6.45) is 3.75. The second-order valence-electron chi connectivity index (χ2n) is 7.54. The second-order valence-corrected chi connectivity index (χ2v) is 7.54. The van der Waals surface area contributed by atoms with Gasteiger partial charge in [-0.05, 0) is 50.7 Å². The highest BCUT2D eigenvalue weighted by atomic mass is 16.2. The number of benzene rings is 1. The van der Waals surface area contributed by atoms with Gasteiger partial charge in [0.1, 0.15) is 0 Å². The first kappa shape index (κ1) is 19.2. The highest BCUT2D eigenvalue weighted by molar-refractivity contribution is 5.89. The van der Waals surface area contributed by atoms with Crippen molar-refractivity contribution in [2.24, 2.45) is 11.8 Å². The average molecular weight is 372 g/mol.